The molecule has 1 aliphatic rings. The molecule has 0 spiro atoms. The number of carbonyl (C=O) groups is 1. The molecule has 0 saturated carbocycles. The molecule has 1 aliphatic heterocycles. The lowest BCUT2D eigenvalue weighted by molar-refractivity contribution is 0.0391. The van der Waals surface area contributed by atoms with E-state index >= 15 is 0 Å². The number of morpholine rings is 1. The molecular weight excluding hydrogens is 462 g/mol. The zero-order valence-corrected chi connectivity index (χ0v) is 20.5. The van der Waals surface area contributed by atoms with Crippen LogP contribution in [0.15, 0.2) is 41.3 Å². The first-order valence-electron chi connectivity index (χ1n) is 10.6. The van der Waals surface area contributed by atoms with E-state index in [-0.39, 0.29) is 10.8 Å². The minimum Gasteiger partial charge on any atom is -0.494 e. The normalized spacial score (nSPS) is 15.0. The summed E-state index contributed by atoms with van der Waals surface area (Å²) in [6.45, 7) is 6.14. The summed E-state index contributed by atoms with van der Waals surface area (Å²) < 4.78 is 35.5. The highest BCUT2D eigenvalue weighted by molar-refractivity contribution is 7.90. The van der Waals surface area contributed by atoms with Gasteiger partial charge in [-0.25, -0.2) is 13.4 Å². The van der Waals surface area contributed by atoms with Gasteiger partial charge in [-0.05, 0) is 42.8 Å². The molecule has 0 N–H and O–H groups in total. The Morgan fingerprint density at radius 3 is 2.52 bits per heavy atom. The molecule has 10 heteroatoms. The highest BCUT2D eigenvalue weighted by atomic mass is 32.2. The molecule has 4 rings (SSSR count). The van der Waals surface area contributed by atoms with E-state index in [1.54, 1.807) is 24.1 Å². The fourth-order valence-electron chi connectivity index (χ4n) is 3.73. The van der Waals surface area contributed by atoms with Crippen molar-refractivity contribution in [1.82, 2.24) is 9.88 Å². The van der Waals surface area contributed by atoms with E-state index in [1.807, 2.05) is 19.1 Å². The highest BCUT2D eigenvalue weighted by Gasteiger charge is 2.24. The fraction of sp³-hybridized carbons (Fsp3) is 0.391. The van der Waals surface area contributed by atoms with Crippen LogP contribution in [0.4, 0.5) is 5.13 Å². The van der Waals surface area contributed by atoms with Crippen LogP contribution in [-0.4, -0.2) is 77.0 Å². The molecule has 0 radical (unpaired) electrons. The number of aryl methyl sites for hydroxylation is 1. The molecule has 8 nitrogen and oxygen atoms in total. The van der Waals surface area contributed by atoms with Crippen molar-refractivity contribution in [3.8, 4) is 5.75 Å². The maximum Gasteiger partial charge on any atom is 0.260 e. The van der Waals surface area contributed by atoms with Crippen LogP contribution in [0.5, 0.6) is 5.75 Å². The third kappa shape index (κ3) is 5.19. The average molecular weight is 490 g/mol. The predicted octanol–water partition coefficient (Wildman–Crippen LogP) is 3.00. The van der Waals surface area contributed by atoms with Gasteiger partial charge in [0.1, 0.15) is 11.3 Å². The summed E-state index contributed by atoms with van der Waals surface area (Å²) in [6.07, 6.45) is 1.15. The summed E-state index contributed by atoms with van der Waals surface area (Å²) in [5, 5.41) is 0.586. The van der Waals surface area contributed by atoms with Crippen molar-refractivity contribution in [2.24, 2.45) is 0 Å². The maximum absolute atomic E-state index is 13.6. The summed E-state index contributed by atoms with van der Waals surface area (Å²) >= 11 is 1.45. The van der Waals surface area contributed by atoms with E-state index in [9.17, 15) is 13.2 Å². The van der Waals surface area contributed by atoms with E-state index in [2.05, 4.69) is 4.90 Å². The number of nitrogens with zero attached hydrogens (tertiary/aromatic N) is 3. The Morgan fingerprint density at radius 2 is 1.88 bits per heavy atom. The largest absolute Gasteiger partial charge is 0.494 e. The minimum absolute atomic E-state index is 0.180. The number of carbonyl (C=O) groups excluding carboxylic acids is 1. The van der Waals surface area contributed by atoms with E-state index in [0.29, 0.717) is 42.7 Å². The SMILES string of the molecule is COc1ccc(C)c2sc(N(CCN3CCOCC3)C(=O)c3ccc(S(C)(=O)=O)cc3)nc12. The maximum atomic E-state index is 13.6. The number of rotatable bonds is 7. The zero-order chi connectivity index (χ0) is 23.6. The minimum atomic E-state index is -3.34. The molecular formula is C23H27N3O5S2. The van der Waals surface area contributed by atoms with Gasteiger partial charge in [0.25, 0.3) is 5.91 Å². The van der Waals surface area contributed by atoms with Crippen molar-refractivity contribution in [2.75, 3.05) is 57.7 Å². The summed E-state index contributed by atoms with van der Waals surface area (Å²) in [4.78, 5) is 22.4. The third-order valence-electron chi connectivity index (χ3n) is 5.66. The van der Waals surface area contributed by atoms with Crippen LogP contribution in [0.3, 0.4) is 0 Å². The van der Waals surface area contributed by atoms with Crippen molar-refractivity contribution >= 4 is 42.4 Å². The number of methoxy groups -OCH3 is 1. The van der Waals surface area contributed by atoms with Gasteiger partial charge in [0.05, 0.1) is 29.9 Å². The van der Waals surface area contributed by atoms with Crippen LogP contribution in [0, 0.1) is 6.92 Å². The molecule has 1 amide bonds. The first kappa shape index (κ1) is 23.6. The molecule has 0 aliphatic carbocycles. The average Bonchev–Trinajstić information content (AvgIpc) is 3.26. The first-order chi connectivity index (χ1) is 15.8. The lowest BCUT2D eigenvalue weighted by atomic mass is 10.2. The molecule has 2 aromatic carbocycles. The van der Waals surface area contributed by atoms with Crippen molar-refractivity contribution in [3.63, 3.8) is 0 Å². The van der Waals surface area contributed by atoms with Gasteiger partial charge >= 0.3 is 0 Å². The van der Waals surface area contributed by atoms with Crippen LogP contribution < -0.4 is 9.64 Å². The smallest absolute Gasteiger partial charge is 0.260 e. The van der Waals surface area contributed by atoms with Gasteiger partial charge in [-0.15, -0.1) is 0 Å². The van der Waals surface area contributed by atoms with Crippen LogP contribution in [-0.2, 0) is 14.6 Å². The first-order valence-corrected chi connectivity index (χ1v) is 13.3. The monoisotopic (exact) mass is 489 g/mol. The van der Waals surface area contributed by atoms with Crippen LogP contribution in [0.2, 0.25) is 0 Å². The van der Waals surface area contributed by atoms with Crippen molar-refractivity contribution in [3.05, 3.63) is 47.5 Å². The molecule has 0 bridgehead atoms. The van der Waals surface area contributed by atoms with E-state index in [1.165, 1.54) is 23.5 Å². The van der Waals surface area contributed by atoms with E-state index in [0.717, 1.165) is 35.1 Å². The second kappa shape index (κ2) is 9.76. The number of ether oxygens (including phenoxy) is 2. The van der Waals surface area contributed by atoms with Crippen LogP contribution in [0.25, 0.3) is 10.2 Å². The number of anilines is 1. The standard InChI is InChI=1S/C23H27N3O5S2/c1-16-4-9-19(30-2)20-21(16)32-23(24-20)26(11-10-25-12-14-31-15-13-25)22(27)17-5-7-18(8-6-17)33(3,28)29/h4-9H,10-15H2,1-3H3. The Morgan fingerprint density at radius 1 is 1.18 bits per heavy atom. The molecule has 1 fully saturated rings. The van der Waals surface area contributed by atoms with Gasteiger partial charge in [-0.3, -0.25) is 14.6 Å². The number of sulfone groups is 1. The summed E-state index contributed by atoms with van der Waals surface area (Å²) in [5.41, 5.74) is 2.20. The molecule has 2 heterocycles. The lowest BCUT2D eigenvalue weighted by Gasteiger charge is -2.29. The van der Waals surface area contributed by atoms with Crippen LogP contribution in [0.1, 0.15) is 15.9 Å². The summed E-state index contributed by atoms with van der Waals surface area (Å²) in [6, 6.07) is 9.90. The van der Waals surface area contributed by atoms with Gasteiger partial charge < -0.3 is 9.47 Å². The molecule has 1 saturated heterocycles. The van der Waals surface area contributed by atoms with Gasteiger partial charge in [0.15, 0.2) is 15.0 Å². The molecule has 0 unspecified atom stereocenters. The van der Waals surface area contributed by atoms with Gasteiger partial charge in [-0.1, -0.05) is 17.4 Å². The summed E-state index contributed by atoms with van der Waals surface area (Å²) in [5.74, 6) is 0.440. The number of hydrogen-bond donors (Lipinski definition) is 0. The molecule has 33 heavy (non-hydrogen) atoms. The highest BCUT2D eigenvalue weighted by Crippen LogP contribution is 2.36. The Labute approximate surface area is 197 Å². The molecule has 1 aromatic heterocycles. The Kier molecular flexibility index (Phi) is 6.99. The fourth-order valence-corrected chi connectivity index (χ4v) is 5.44. The zero-order valence-electron chi connectivity index (χ0n) is 18.9. The van der Waals surface area contributed by atoms with E-state index in [4.69, 9.17) is 14.5 Å². The number of fused-ring (bicyclic) bond motifs is 1. The Bertz CT molecular complexity index is 1250. The lowest BCUT2D eigenvalue weighted by Crippen LogP contribution is -2.43. The Hall–Kier alpha value is -2.53. The number of aromatic nitrogens is 1. The van der Waals surface area contributed by atoms with Crippen molar-refractivity contribution < 1.29 is 22.7 Å². The van der Waals surface area contributed by atoms with Crippen molar-refractivity contribution in [2.45, 2.75) is 11.8 Å². The van der Waals surface area contributed by atoms with Gasteiger partial charge in [0, 0.05) is 38.0 Å². The van der Waals surface area contributed by atoms with Gasteiger partial charge in [0.2, 0.25) is 0 Å². The second-order valence-electron chi connectivity index (χ2n) is 7.97. The summed E-state index contributed by atoms with van der Waals surface area (Å²) in [7, 11) is -1.73. The molecule has 0 atom stereocenters. The molecule has 3 aromatic rings. The number of hydrogen-bond acceptors (Lipinski definition) is 8. The number of benzene rings is 2. The third-order valence-corrected chi connectivity index (χ3v) is 8.00. The molecule has 176 valence electrons. The van der Waals surface area contributed by atoms with Gasteiger partial charge in [-0.2, -0.15) is 0 Å². The van der Waals surface area contributed by atoms with E-state index < -0.39 is 9.84 Å². The number of thiazole rings is 1. The predicted molar refractivity (Wildman–Crippen MR) is 129 cm³/mol. The quantitative estimate of drug-likeness (QED) is 0.504. The van der Waals surface area contributed by atoms with Crippen LogP contribution >= 0.6 is 11.3 Å². The second-order valence-corrected chi connectivity index (χ2v) is 11.0. The number of amides is 1. The van der Waals surface area contributed by atoms with Crippen molar-refractivity contribution in [1.29, 1.82) is 0 Å². The topological polar surface area (TPSA) is 89.0 Å². The Balaban J connectivity index is 1.69.